The van der Waals surface area contributed by atoms with Crippen LogP contribution in [0.3, 0.4) is 0 Å². The van der Waals surface area contributed by atoms with Crippen molar-refractivity contribution in [1.82, 2.24) is 5.32 Å². The molecule has 1 fully saturated rings. The summed E-state index contributed by atoms with van der Waals surface area (Å²) in [5.41, 5.74) is 0.783. The van der Waals surface area contributed by atoms with Gasteiger partial charge in [-0.1, -0.05) is 0 Å². The lowest BCUT2D eigenvalue weighted by Crippen LogP contribution is -2.38. The average Bonchev–Trinajstić information content (AvgIpc) is 2.99. The Labute approximate surface area is 156 Å². The van der Waals surface area contributed by atoms with E-state index in [4.69, 9.17) is 4.74 Å². The second kappa shape index (κ2) is 7.87. The predicted molar refractivity (Wildman–Crippen MR) is 97.0 cm³/mol. The number of rotatable bonds is 6. The number of carbonyl (C=O) groups is 2. The van der Waals surface area contributed by atoms with Gasteiger partial charge in [-0.2, -0.15) is 0 Å². The fraction of sp³-hybridized carbons (Fsp3) is 0.263. The Hall–Kier alpha value is -2.74. The molecule has 2 aromatic rings. The van der Waals surface area contributed by atoms with Crippen LogP contribution < -0.4 is 10.1 Å². The van der Waals surface area contributed by atoms with Crippen LogP contribution in [0.5, 0.6) is 5.75 Å². The Bertz CT molecular complexity index is 939. The minimum atomic E-state index is -3.05. The predicted octanol–water partition coefficient (Wildman–Crippen LogP) is 1.74. The van der Waals surface area contributed by atoms with E-state index in [1.54, 1.807) is 24.3 Å². The Kier molecular flexibility index (Phi) is 5.55. The smallest absolute Gasteiger partial charge is 0.258 e. The first-order chi connectivity index (χ1) is 12.8. The van der Waals surface area contributed by atoms with Crippen molar-refractivity contribution >= 4 is 21.5 Å². The van der Waals surface area contributed by atoms with Gasteiger partial charge in [-0.05, 0) is 55.0 Å². The molecule has 1 N–H and O–H groups in total. The number of hydrogen-bond donors (Lipinski definition) is 1. The van der Waals surface area contributed by atoms with Crippen LogP contribution in [-0.2, 0) is 14.6 Å². The molecule has 0 aliphatic carbocycles. The van der Waals surface area contributed by atoms with E-state index in [0.717, 1.165) is 0 Å². The topological polar surface area (TPSA) is 89.5 Å². The number of ether oxygens (including phenoxy) is 1. The van der Waals surface area contributed by atoms with Gasteiger partial charge < -0.3 is 10.1 Å². The summed E-state index contributed by atoms with van der Waals surface area (Å²) >= 11 is 0. The minimum Gasteiger partial charge on any atom is -0.484 e. The summed E-state index contributed by atoms with van der Waals surface area (Å²) in [6.45, 7) is -0.248. The molecule has 27 heavy (non-hydrogen) atoms. The Balaban J connectivity index is 1.52. The van der Waals surface area contributed by atoms with Gasteiger partial charge in [0.1, 0.15) is 11.6 Å². The summed E-state index contributed by atoms with van der Waals surface area (Å²) in [5, 5.41) is 2.63. The van der Waals surface area contributed by atoms with Crippen molar-refractivity contribution in [3.05, 3.63) is 65.5 Å². The van der Waals surface area contributed by atoms with E-state index in [0.29, 0.717) is 23.3 Å². The average molecular weight is 391 g/mol. The van der Waals surface area contributed by atoms with Crippen LogP contribution >= 0.6 is 0 Å². The number of benzene rings is 2. The zero-order chi connectivity index (χ0) is 19.4. The first kappa shape index (κ1) is 19.0. The first-order valence-electron chi connectivity index (χ1n) is 8.35. The van der Waals surface area contributed by atoms with Gasteiger partial charge in [-0.25, -0.2) is 12.8 Å². The molecule has 8 heteroatoms. The number of sulfone groups is 1. The van der Waals surface area contributed by atoms with Gasteiger partial charge >= 0.3 is 0 Å². The maximum atomic E-state index is 12.9. The van der Waals surface area contributed by atoms with Gasteiger partial charge in [-0.15, -0.1) is 0 Å². The zero-order valence-corrected chi connectivity index (χ0v) is 15.2. The first-order valence-corrected chi connectivity index (χ1v) is 10.2. The normalized spacial score (nSPS) is 18.0. The van der Waals surface area contributed by atoms with Crippen LogP contribution in [0.25, 0.3) is 0 Å². The van der Waals surface area contributed by atoms with Gasteiger partial charge in [0.2, 0.25) is 0 Å². The number of nitrogens with one attached hydrogen (secondary N) is 1. The maximum absolute atomic E-state index is 12.9. The van der Waals surface area contributed by atoms with Gasteiger partial charge in [0.05, 0.1) is 11.5 Å². The van der Waals surface area contributed by atoms with Crippen molar-refractivity contribution in [1.29, 1.82) is 0 Å². The van der Waals surface area contributed by atoms with Crippen LogP contribution in [0.1, 0.15) is 22.3 Å². The lowest BCUT2D eigenvalue weighted by Gasteiger charge is -2.11. The molecule has 1 heterocycles. The lowest BCUT2D eigenvalue weighted by atomic mass is 10.0. The van der Waals surface area contributed by atoms with Gasteiger partial charge in [0, 0.05) is 17.2 Å². The number of amides is 1. The molecule has 1 saturated heterocycles. The molecular weight excluding hydrogens is 373 g/mol. The third-order valence-electron chi connectivity index (χ3n) is 4.19. The third-order valence-corrected chi connectivity index (χ3v) is 5.96. The van der Waals surface area contributed by atoms with Gasteiger partial charge in [0.15, 0.2) is 22.2 Å². The van der Waals surface area contributed by atoms with Crippen LogP contribution in [-0.4, -0.2) is 44.3 Å². The fourth-order valence-electron chi connectivity index (χ4n) is 2.80. The molecular formula is C19H18FNO5S. The van der Waals surface area contributed by atoms with Crippen LogP contribution in [0.2, 0.25) is 0 Å². The number of carbonyl (C=O) groups excluding carboxylic acids is 2. The molecule has 0 spiro atoms. The SMILES string of the molecule is O=C(COc1ccc(C(=O)c2ccc(F)cc2)cc1)N[C@H]1CCS(=O)(=O)C1. The molecule has 1 aliphatic rings. The van der Waals surface area contributed by atoms with Crippen LogP contribution in [0.4, 0.5) is 4.39 Å². The van der Waals surface area contributed by atoms with Crippen molar-refractivity contribution in [2.24, 2.45) is 0 Å². The van der Waals surface area contributed by atoms with E-state index in [2.05, 4.69) is 5.32 Å². The summed E-state index contributed by atoms with van der Waals surface area (Å²) in [6.07, 6.45) is 0.411. The van der Waals surface area contributed by atoms with Crippen molar-refractivity contribution in [3.8, 4) is 5.75 Å². The van der Waals surface area contributed by atoms with E-state index < -0.39 is 21.6 Å². The largest absolute Gasteiger partial charge is 0.484 e. The second-order valence-electron chi connectivity index (χ2n) is 6.32. The molecule has 0 bridgehead atoms. The minimum absolute atomic E-state index is 0.0427. The molecule has 0 saturated carbocycles. The highest BCUT2D eigenvalue weighted by Gasteiger charge is 2.28. The Morgan fingerprint density at radius 1 is 1.04 bits per heavy atom. The fourth-order valence-corrected chi connectivity index (χ4v) is 4.47. The second-order valence-corrected chi connectivity index (χ2v) is 8.55. The molecule has 1 atom stereocenters. The Morgan fingerprint density at radius 3 is 2.19 bits per heavy atom. The van der Waals surface area contributed by atoms with E-state index in [-0.39, 0.29) is 29.9 Å². The molecule has 1 aliphatic heterocycles. The van der Waals surface area contributed by atoms with E-state index in [9.17, 15) is 22.4 Å². The highest BCUT2D eigenvalue weighted by atomic mass is 32.2. The Morgan fingerprint density at radius 2 is 1.63 bits per heavy atom. The van der Waals surface area contributed by atoms with Crippen molar-refractivity contribution in [3.63, 3.8) is 0 Å². The standard InChI is InChI=1S/C19H18FNO5S/c20-15-5-1-13(2-6-15)19(23)14-3-7-17(8-4-14)26-11-18(22)21-16-9-10-27(24,25)12-16/h1-8,16H,9-12H2,(H,21,22)/t16-/m0/s1. The number of halogens is 1. The summed E-state index contributed by atoms with van der Waals surface area (Å²) < 4.78 is 41.1. The molecule has 6 nitrogen and oxygen atoms in total. The lowest BCUT2D eigenvalue weighted by molar-refractivity contribution is -0.123. The van der Waals surface area contributed by atoms with Crippen LogP contribution in [0.15, 0.2) is 48.5 Å². The molecule has 142 valence electrons. The molecule has 2 aromatic carbocycles. The van der Waals surface area contributed by atoms with E-state index in [1.807, 2.05) is 0 Å². The summed E-state index contributed by atoms with van der Waals surface area (Å²) in [7, 11) is -3.05. The van der Waals surface area contributed by atoms with E-state index >= 15 is 0 Å². The van der Waals surface area contributed by atoms with Gasteiger partial charge in [-0.3, -0.25) is 9.59 Å². The van der Waals surface area contributed by atoms with Crippen molar-refractivity contribution < 1.29 is 27.1 Å². The molecule has 3 rings (SSSR count). The maximum Gasteiger partial charge on any atom is 0.258 e. The monoisotopic (exact) mass is 391 g/mol. The summed E-state index contributed by atoms with van der Waals surface area (Å²) in [6, 6.07) is 11.1. The zero-order valence-electron chi connectivity index (χ0n) is 14.4. The molecule has 1 amide bonds. The highest BCUT2D eigenvalue weighted by molar-refractivity contribution is 7.91. The highest BCUT2D eigenvalue weighted by Crippen LogP contribution is 2.16. The number of hydrogen-bond acceptors (Lipinski definition) is 5. The van der Waals surface area contributed by atoms with E-state index in [1.165, 1.54) is 24.3 Å². The molecule has 0 radical (unpaired) electrons. The van der Waals surface area contributed by atoms with Gasteiger partial charge in [0.25, 0.3) is 5.91 Å². The third kappa shape index (κ3) is 5.13. The molecule has 0 unspecified atom stereocenters. The van der Waals surface area contributed by atoms with Crippen LogP contribution in [0, 0.1) is 5.82 Å². The number of ketones is 1. The molecule has 0 aromatic heterocycles. The summed E-state index contributed by atoms with van der Waals surface area (Å²) in [5.74, 6) is -0.615. The van der Waals surface area contributed by atoms with Crippen molar-refractivity contribution in [2.75, 3.05) is 18.1 Å². The quantitative estimate of drug-likeness (QED) is 0.758. The summed E-state index contributed by atoms with van der Waals surface area (Å²) in [4.78, 5) is 24.2. The van der Waals surface area contributed by atoms with Crippen molar-refractivity contribution in [2.45, 2.75) is 12.5 Å².